The molecule has 0 aliphatic rings. The van der Waals surface area contributed by atoms with Crippen LogP contribution in [0.5, 0.6) is 0 Å². The van der Waals surface area contributed by atoms with Crippen LogP contribution in [-0.2, 0) is 16.1 Å². The number of rotatable bonds is 6. The van der Waals surface area contributed by atoms with Gasteiger partial charge in [-0.2, -0.15) is 0 Å². The van der Waals surface area contributed by atoms with E-state index in [9.17, 15) is 9.59 Å². The van der Waals surface area contributed by atoms with E-state index in [2.05, 4.69) is 6.58 Å². The molecule has 0 aromatic heterocycles. The molecule has 1 amide bonds. The Balaban J connectivity index is 2.51. The lowest BCUT2D eigenvalue weighted by atomic mass is 10.2. The zero-order chi connectivity index (χ0) is 13.4. The summed E-state index contributed by atoms with van der Waals surface area (Å²) < 4.78 is 5.02. The summed E-state index contributed by atoms with van der Waals surface area (Å²) in [4.78, 5) is 23.3. The molecule has 1 N–H and O–H groups in total. The van der Waals surface area contributed by atoms with E-state index in [0.717, 1.165) is 10.5 Å². The number of hydrogen-bond donors (Lipinski definition) is 1. The Morgan fingerprint density at radius 3 is 2.56 bits per heavy atom. The van der Waals surface area contributed by atoms with Gasteiger partial charge in [-0.05, 0) is 5.56 Å². The number of carboxylic acid groups (broad SMARTS) is 1. The van der Waals surface area contributed by atoms with E-state index in [1.165, 1.54) is 6.08 Å². The fraction of sp³-hybridized carbons (Fsp3) is 0.231. The van der Waals surface area contributed by atoms with Gasteiger partial charge in [0.2, 0.25) is 0 Å². The van der Waals surface area contributed by atoms with Crippen LogP contribution in [0.1, 0.15) is 5.56 Å². The molecule has 0 atom stereocenters. The van der Waals surface area contributed by atoms with E-state index in [4.69, 9.17) is 9.84 Å². The molecule has 5 heteroatoms. The van der Waals surface area contributed by atoms with Crippen molar-refractivity contribution >= 4 is 12.1 Å². The molecular weight excluding hydrogens is 234 g/mol. The van der Waals surface area contributed by atoms with E-state index in [-0.39, 0.29) is 13.2 Å². The summed E-state index contributed by atoms with van der Waals surface area (Å²) in [5.41, 5.74) is 0.847. The second kappa shape index (κ2) is 7.11. The van der Waals surface area contributed by atoms with Gasteiger partial charge in [-0.3, -0.25) is 9.69 Å². The smallest absolute Gasteiger partial charge is 0.410 e. The molecule has 5 nitrogen and oxygen atoms in total. The Morgan fingerprint density at radius 1 is 1.33 bits per heavy atom. The second-order valence-corrected chi connectivity index (χ2v) is 3.60. The zero-order valence-electron chi connectivity index (χ0n) is 9.91. The standard InChI is InChI=1S/C13H15NO4/c1-2-8-14(9-12(15)16)13(17)18-10-11-6-4-3-5-7-11/h2-7H,1,8-10H2,(H,15,16). The lowest BCUT2D eigenvalue weighted by Crippen LogP contribution is -2.36. The maximum Gasteiger partial charge on any atom is 0.410 e. The van der Waals surface area contributed by atoms with Crippen LogP contribution in [-0.4, -0.2) is 35.2 Å². The third-order valence-corrected chi connectivity index (χ3v) is 2.14. The first kappa shape index (κ1) is 13.8. The molecule has 0 heterocycles. The van der Waals surface area contributed by atoms with Crippen molar-refractivity contribution in [3.8, 4) is 0 Å². The topological polar surface area (TPSA) is 66.8 Å². The van der Waals surface area contributed by atoms with Crippen molar-refractivity contribution in [3.63, 3.8) is 0 Å². The third-order valence-electron chi connectivity index (χ3n) is 2.14. The van der Waals surface area contributed by atoms with Gasteiger partial charge in [0.15, 0.2) is 0 Å². The van der Waals surface area contributed by atoms with Crippen molar-refractivity contribution in [3.05, 3.63) is 48.6 Å². The van der Waals surface area contributed by atoms with Crippen molar-refractivity contribution in [2.75, 3.05) is 13.1 Å². The lowest BCUT2D eigenvalue weighted by molar-refractivity contribution is -0.137. The largest absolute Gasteiger partial charge is 0.480 e. The number of benzene rings is 1. The maximum atomic E-state index is 11.6. The first-order valence-corrected chi connectivity index (χ1v) is 5.42. The maximum absolute atomic E-state index is 11.6. The fourth-order valence-corrected chi connectivity index (χ4v) is 1.33. The fourth-order valence-electron chi connectivity index (χ4n) is 1.33. The summed E-state index contributed by atoms with van der Waals surface area (Å²) in [5.74, 6) is -1.09. The zero-order valence-corrected chi connectivity index (χ0v) is 9.91. The number of ether oxygens (including phenoxy) is 1. The number of nitrogens with zero attached hydrogens (tertiary/aromatic N) is 1. The molecule has 1 aromatic rings. The summed E-state index contributed by atoms with van der Waals surface area (Å²) in [5, 5.41) is 8.66. The highest BCUT2D eigenvalue weighted by Gasteiger charge is 2.16. The normalized spacial score (nSPS) is 9.56. The predicted octanol–water partition coefficient (Wildman–Crippen LogP) is 1.90. The minimum absolute atomic E-state index is 0.118. The Bertz CT molecular complexity index is 416. The first-order chi connectivity index (χ1) is 8.63. The quantitative estimate of drug-likeness (QED) is 0.782. The first-order valence-electron chi connectivity index (χ1n) is 5.42. The van der Waals surface area contributed by atoms with Crippen LogP contribution in [0.4, 0.5) is 4.79 Å². The van der Waals surface area contributed by atoms with Crippen LogP contribution < -0.4 is 0 Å². The molecule has 18 heavy (non-hydrogen) atoms. The van der Waals surface area contributed by atoms with Crippen molar-refractivity contribution < 1.29 is 19.4 Å². The summed E-state index contributed by atoms with van der Waals surface area (Å²) in [6.45, 7) is 3.32. The number of amides is 1. The molecule has 0 bridgehead atoms. The highest BCUT2D eigenvalue weighted by atomic mass is 16.6. The van der Waals surface area contributed by atoms with Crippen LogP contribution in [0.25, 0.3) is 0 Å². The SMILES string of the molecule is C=CCN(CC(=O)O)C(=O)OCc1ccccc1. The van der Waals surface area contributed by atoms with Gasteiger partial charge in [-0.25, -0.2) is 4.79 Å². The minimum Gasteiger partial charge on any atom is -0.480 e. The molecule has 0 saturated heterocycles. The van der Waals surface area contributed by atoms with Crippen LogP contribution in [0.2, 0.25) is 0 Å². The monoisotopic (exact) mass is 249 g/mol. The van der Waals surface area contributed by atoms with Crippen molar-refractivity contribution in [1.82, 2.24) is 4.90 Å². The molecule has 0 aliphatic heterocycles. The summed E-state index contributed by atoms with van der Waals surface area (Å²) >= 11 is 0. The van der Waals surface area contributed by atoms with E-state index in [0.29, 0.717) is 0 Å². The second-order valence-electron chi connectivity index (χ2n) is 3.60. The van der Waals surface area contributed by atoms with Gasteiger partial charge >= 0.3 is 12.1 Å². The Hall–Kier alpha value is -2.30. The molecule has 0 fully saturated rings. The molecular formula is C13H15NO4. The number of carbonyl (C=O) groups excluding carboxylic acids is 1. The van der Waals surface area contributed by atoms with Gasteiger partial charge in [-0.1, -0.05) is 36.4 Å². The van der Waals surface area contributed by atoms with Crippen LogP contribution >= 0.6 is 0 Å². The number of carbonyl (C=O) groups is 2. The molecule has 0 radical (unpaired) electrons. The van der Waals surface area contributed by atoms with Crippen molar-refractivity contribution in [2.45, 2.75) is 6.61 Å². The summed E-state index contributed by atoms with van der Waals surface area (Å²) in [6, 6.07) is 9.17. The number of aliphatic carboxylic acids is 1. The van der Waals surface area contributed by atoms with Crippen LogP contribution in [0, 0.1) is 0 Å². The number of hydrogen-bond acceptors (Lipinski definition) is 3. The highest BCUT2D eigenvalue weighted by molar-refractivity contribution is 5.76. The van der Waals surface area contributed by atoms with Gasteiger partial charge in [0.1, 0.15) is 13.2 Å². The average molecular weight is 249 g/mol. The molecule has 1 rings (SSSR count). The highest BCUT2D eigenvalue weighted by Crippen LogP contribution is 2.03. The summed E-state index contributed by atoms with van der Waals surface area (Å²) in [7, 11) is 0. The van der Waals surface area contributed by atoms with Crippen LogP contribution in [0.15, 0.2) is 43.0 Å². The Morgan fingerprint density at radius 2 is 2.00 bits per heavy atom. The van der Waals surface area contributed by atoms with Gasteiger partial charge < -0.3 is 9.84 Å². The van der Waals surface area contributed by atoms with Gasteiger partial charge in [-0.15, -0.1) is 6.58 Å². The molecule has 0 unspecified atom stereocenters. The molecule has 96 valence electrons. The number of carboxylic acids is 1. The molecule has 0 spiro atoms. The van der Waals surface area contributed by atoms with Gasteiger partial charge in [0.05, 0.1) is 0 Å². The predicted molar refractivity (Wildman–Crippen MR) is 66.0 cm³/mol. The average Bonchev–Trinajstić information content (AvgIpc) is 2.36. The van der Waals surface area contributed by atoms with E-state index in [1.807, 2.05) is 30.3 Å². The molecule has 1 aromatic carbocycles. The lowest BCUT2D eigenvalue weighted by Gasteiger charge is -2.18. The van der Waals surface area contributed by atoms with E-state index in [1.54, 1.807) is 0 Å². The minimum atomic E-state index is -1.09. The molecule has 0 aliphatic carbocycles. The Labute approximate surface area is 105 Å². The van der Waals surface area contributed by atoms with Gasteiger partial charge in [0.25, 0.3) is 0 Å². The van der Waals surface area contributed by atoms with E-state index >= 15 is 0 Å². The molecule has 0 saturated carbocycles. The van der Waals surface area contributed by atoms with Crippen LogP contribution in [0.3, 0.4) is 0 Å². The Kier molecular flexibility index (Phi) is 5.44. The van der Waals surface area contributed by atoms with Gasteiger partial charge in [0, 0.05) is 6.54 Å². The summed E-state index contributed by atoms with van der Waals surface area (Å²) in [6.07, 6.45) is 0.786. The van der Waals surface area contributed by atoms with E-state index < -0.39 is 18.6 Å². The van der Waals surface area contributed by atoms with Crippen molar-refractivity contribution in [2.24, 2.45) is 0 Å². The third kappa shape index (κ3) is 4.69. The van der Waals surface area contributed by atoms with Crippen molar-refractivity contribution in [1.29, 1.82) is 0 Å².